The zero-order chi connectivity index (χ0) is 25.6. The molecule has 0 bridgehead atoms. The van der Waals surface area contributed by atoms with Crippen LogP contribution in [0.25, 0.3) is 0 Å². The van der Waals surface area contributed by atoms with Gasteiger partial charge in [-0.2, -0.15) is 8.42 Å². The summed E-state index contributed by atoms with van der Waals surface area (Å²) >= 11 is 12.0. The van der Waals surface area contributed by atoms with Crippen LogP contribution in [0.15, 0.2) is 41.3 Å². The van der Waals surface area contributed by atoms with Gasteiger partial charge >= 0.3 is 10.1 Å². The first kappa shape index (κ1) is 27.6. The number of hydrogen-bond acceptors (Lipinski definition) is 6. The Morgan fingerprint density at radius 1 is 1.06 bits per heavy atom. The Morgan fingerprint density at radius 2 is 1.77 bits per heavy atom. The van der Waals surface area contributed by atoms with Gasteiger partial charge in [-0.1, -0.05) is 35.7 Å². The number of benzene rings is 2. The van der Waals surface area contributed by atoms with Crippen LogP contribution in [0.3, 0.4) is 0 Å². The first-order valence-corrected chi connectivity index (χ1v) is 13.9. The average molecular weight is 544 g/mol. The van der Waals surface area contributed by atoms with Crippen molar-refractivity contribution in [2.24, 2.45) is 5.92 Å². The Bertz CT molecular complexity index is 1130. The quantitative estimate of drug-likeness (QED) is 0.335. The number of carbonyl (C=O) groups is 1. The Hall–Kier alpha value is -2.00. The van der Waals surface area contributed by atoms with Crippen molar-refractivity contribution >= 4 is 44.9 Å². The van der Waals surface area contributed by atoms with Crippen molar-refractivity contribution < 1.29 is 22.1 Å². The summed E-state index contributed by atoms with van der Waals surface area (Å²) in [6.07, 6.45) is 2.79. The third-order valence-corrected chi connectivity index (χ3v) is 8.22. The molecule has 1 saturated carbocycles. The number of nitrogens with zero attached hydrogens (tertiary/aromatic N) is 2. The molecule has 0 aliphatic heterocycles. The van der Waals surface area contributed by atoms with Gasteiger partial charge in [0.25, 0.3) is 0 Å². The monoisotopic (exact) mass is 542 g/mol. The van der Waals surface area contributed by atoms with Gasteiger partial charge in [-0.05, 0) is 51.0 Å². The molecule has 0 saturated heterocycles. The fourth-order valence-electron chi connectivity index (χ4n) is 3.92. The lowest BCUT2D eigenvalue weighted by molar-refractivity contribution is -0.139. The number of carbonyl (C=O) groups excluding carboxylic acids is 1. The molecule has 0 heterocycles. The predicted octanol–water partition coefficient (Wildman–Crippen LogP) is 5.38. The minimum Gasteiger partial charge on any atom is -0.383 e. The van der Waals surface area contributed by atoms with E-state index in [9.17, 15) is 13.2 Å². The highest BCUT2D eigenvalue weighted by molar-refractivity contribution is 7.87. The van der Waals surface area contributed by atoms with E-state index in [0.29, 0.717) is 18.7 Å². The lowest BCUT2D eigenvalue weighted by Crippen LogP contribution is -2.40. The largest absolute Gasteiger partial charge is 0.383 e. The number of methoxy groups -OCH3 is 1. The van der Waals surface area contributed by atoms with E-state index < -0.39 is 10.1 Å². The molecule has 0 atom stereocenters. The van der Waals surface area contributed by atoms with Crippen molar-refractivity contribution in [1.82, 2.24) is 4.90 Å². The normalized spacial score (nSPS) is 13.9. The van der Waals surface area contributed by atoms with Crippen LogP contribution in [0, 0.1) is 5.92 Å². The molecular weight excluding hydrogens is 511 g/mol. The molecule has 7 nitrogen and oxygen atoms in total. The maximum atomic E-state index is 13.2. The number of amides is 1. The van der Waals surface area contributed by atoms with Crippen molar-refractivity contribution in [1.29, 1.82) is 0 Å². The SMILES string of the molecule is CCN(CC)c1ccc(CN(CCOC)C(=O)C2CCC2)c(OS(=O)(=O)c2ccc(Cl)c(Cl)c2)c1. The van der Waals surface area contributed by atoms with E-state index in [1.807, 2.05) is 26.0 Å². The number of hydrogen-bond donors (Lipinski definition) is 0. The van der Waals surface area contributed by atoms with Crippen molar-refractivity contribution in [2.45, 2.75) is 44.6 Å². The fourth-order valence-corrected chi connectivity index (χ4v) is 5.27. The third kappa shape index (κ3) is 6.82. The summed E-state index contributed by atoms with van der Waals surface area (Å²) in [4.78, 5) is 16.8. The van der Waals surface area contributed by atoms with Gasteiger partial charge in [-0.3, -0.25) is 4.79 Å². The molecule has 1 amide bonds. The van der Waals surface area contributed by atoms with Gasteiger partial charge in [-0.25, -0.2) is 0 Å². The molecule has 0 unspecified atom stereocenters. The highest BCUT2D eigenvalue weighted by Crippen LogP contribution is 2.33. The van der Waals surface area contributed by atoms with Gasteiger partial charge < -0.3 is 18.7 Å². The molecular formula is C25H32Cl2N2O5S. The van der Waals surface area contributed by atoms with Gasteiger partial charge in [0.15, 0.2) is 0 Å². The van der Waals surface area contributed by atoms with Gasteiger partial charge in [0.05, 0.1) is 16.7 Å². The molecule has 0 N–H and O–H groups in total. The van der Waals surface area contributed by atoms with Crippen LogP contribution in [0.4, 0.5) is 5.69 Å². The average Bonchev–Trinajstić information content (AvgIpc) is 2.79. The van der Waals surface area contributed by atoms with Crippen molar-refractivity contribution in [3.63, 3.8) is 0 Å². The molecule has 0 radical (unpaired) electrons. The topological polar surface area (TPSA) is 76.2 Å². The Morgan fingerprint density at radius 3 is 2.34 bits per heavy atom. The second-order valence-corrected chi connectivity index (χ2v) is 10.8. The number of anilines is 1. The fraction of sp³-hybridized carbons (Fsp3) is 0.480. The van der Waals surface area contributed by atoms with Crippen molar-refractivity contribution in [2.75, 3.05) is 38.3 Å². The van der Waals surface area contributed by atoms with Gasteiger partial charge in [0.2, 0.25) is 5.91 Å². The van der Waals surface area contributed by atoms with E-state index in [4.69, 9.17) is 32.1 Å². The van der Waals surface area contributed by atoms with Crippen molar-refractivity contribution in [3.05, 3.63) is 52.0 Å². The summed E-state index contributed by atoms with van der Waals surface area (Å²) in [5, 5.41) is 0.364. The third-order valence-electron chi connectivity index (χ3n) is 6.25. The Kier molecular flexibility index (Phi) is 9.69. The summed E-state index contributed by atoms with van der Waals surface area (Å²) in [6.45, 7) is 6.53. The lowest BCUT2D eigenvalue weighted by atomic mass is 9.84. The molecule has 1 aliphatic carbocycles. The molecule has 1 aliphatic rings. The summed E-state index contributed by atoms with van der Waals surface area (Å²) < 4.78 is 37.2. The second kappa shape index (κ2) is 12.3. The summed E-state index contributed by atoms with van der Waals surface area (Å²) in [7, 11) is -2.62. The van der Waals surface area contributed by atoms with E-state index in [2.05, 4.69) is 4.90 Å². The Balaban J connectivity index is 1.98. The molecule has 2 aromatic carbocycles. The maximum absolute atomic E-state index is 13.2. The van der Waals surface area contributed by atoms with E-state index in [-0.39, 0.29) is 39.1 Å². The van der Waals surface area contributed by atoms with Crippen LogP contribution in [0.5, 0.6) is 5.75 Å². The molecule has 1 fully saturated rings. The minimum atomic E-state index is -4.20. The van der Waals surface area contributed by atoms with Crippen LogP contribution in [0.2, 0.25) is 10.0 Å². The molecule has 35 heavy (non-hydrogen) atoms. The van der Waals surface area contributed by atoms with Crippen LogP contribution in [0.1, 0.15) is 38.7 Å². The second-order valence-electron chi connectivity index (χ2n) is 8.46. The smallest absolute Gasteiger partial charge is 0.339 e. The number of rotatable bonds is 12. The predicted molar refractivity (Wildman–Crippen MR) is 139 cm³/mol. The molecule has 0 spiro atoms. The first-order chi connectivity index (χ1) is 16.7. The minimum absolute atomic E-state index is 0.00566. The number of ether oxygens (including phenoxy) is 1. The van der Waals surface area contributed by atoms with Crippen LogP contribution >= 0.6 is 23.2 Å². The van der Waals surface area contributed by atoms with E-state index >= 15 is 0 Å². The van der Waals surface area contributed by atoms with Crippen LogP contribution in [-0.2, 0) is 26.2 Å². The van der Waals surface area contributed by atoms with Gasteiger partial charge in [-0.15, -0.1) is 0 Å². The van der Waals surface area contributed by atoms with Gasteiger partial charge in [0, 0.05) is 56.5 Å². The lowest BCUT2D eigenvalue weighted by Gasteiger charge is -2.32. The molecule has 3 rings (SSSR count). The Labute approximate surface area is 218 Å². The molecule has 10 heteroatoms. The zero-order valence-corrected chi connectivity index (χ0v) is 22.6. The van der Waals surface area contributed by atoms with Crippen LogP contribution in [-0.4, -0.2) is 52.6 Å². The van der Waals surface area contributed by atoms with Crippen molar-refractivity contribution in [3.8, 4) is 5.75 Å². The number of halogens is 2. The summed E-state index contributed by atoms with van der Waals surface area (Å²) in [5.41, 5.74) is 1.42. The van der Waals surface area contributed by atoms with E-state index in [1.54, 1.807) is 18.1 Å². The van der Waals surface area contributed by atoms with E-state index in [1.165, 1.54) is 18.2 Å². The summed E-state index contributed by atoms with van der Waals surface area (Å²) in [6, 6.07) is 9.47. The standard InChI is InChI=1S/C25H32Cl2N2O5S/c1-4-28(5-2)20-10-9-19(17-29(13-14-33-3)25(30)18-7-6-8-18)24(15-20)34-35(31,32)21-11-12-22(26)23(27)16-21/h9-12,15-16,18H,4-8,13-14,17H2,1-3H3. The highest BCUT2D eigenvalue weighted by atomic mass is 35.5. The summed E-state index contributed by atoms with van der Waals surface area (Å²) in [5.74, 6) is 0.231. The molecule has 2 aromatic rings. The van der Waals surface area contributed by atoms with E-state index in [0.717, 1.165) is 38.0 Å². The molecule has 192 valence electrons. The highest BCUT2D eigenvalue weighted by Gasteiger charge is 2.30. The maximum Gasteiger partial charge on any atom is 0.339 e. The van der Waals surface area contributed by atoms with Gasteiger partial charge in [0.1, 0.15) is 10.6 Å². The van der Waals surface area contributed by atoms with Crippen LogP contribution < -0.4 is 9.08 Å². The zero-order valence-electron chi connectivity index (χ0n) is 20.3. The first-order valence-electron chi connectivity index (χ1n) is 11.7. The molecule has 0 aromatic heterocycles.